The van der Waals surface area contributed by atoms with Crippen LogP contribution in [0, 0.1) is 5.82 Å². The second-order valence-electron chi connectivity index (χ2n) is 7.03. The van der Waals surface area contributed by atoms with Gasteiger partial charge < -0.3 is 0 Å². The summed E-state index contributed by atoms with van der Waals surface area (Å²) in [5, 5.41) is 4.11. The lowest BCUT2D eigenvalue weighted by Crippen LogP contribution is -2.34. The van der Waals surface area contributed by atoms with Gasteiger partial charge in [-0.25, -0.2) is 4.39 Å². The topological polar surface area (TPSA) is 0 Å². The van der Waals surface area contributed by atoms with E-state index in [9.17, 15) is 4.39 Å². The van der Waals surface area contributed by atoms with Crippen molar-refractivity contribution in [3.05, 3.63) is 125 Å². The Bertz CT molecular complexity index is 969. The Balaban J connectivity index is 1.88. The molecule has 4 aromatic carbocycles. The highest BCUT2D eigenvalue weighted by molar-refractivity contribution is 9.10. The minimum atomic E-state index is -1.86. The molecule has 0 saturated heterocycles. The molecule has 0 radical (unpaired) electrons. The molecule has 144 valence electrons. The van der Waals surface area contributed by atoms with Crippen molar-refractivity contribution in [2.75, 3.05) is 6.16 Å². The Morgan fingerprint density at radius 3 is 1.48 bits per heavy atom. The number of halogens is 2. The molecular formula is C26H22BrFP+. The van der Waals surface area contributed by atoms with Crippen LogP contribution in [0.4, 0.5) is 4.39 Å². The van der Waals surface area contributed by atoms with Gasteiger partial charge in [0.2, 0.25) is 0 Å². The number of aryl methyl sites for hydroxylation is 1. The molecule has 0 heterocycles. The number of benzene rings is 4. The van der Waals surface area contributed by atoms with Crippen molar-refractivity contribution >= 4 is 39.1 Å². The standard InChI is InChI=1S/C26H22BrFP/c27-26-20-22(28)17-16-21(26)18-19-29(23-10-4-1-5-11-23,24-12-6-2-7-13-24)25-14-8-3-9-15-25/h1-17,20H,18-19H2/q+1. The van der Waals surface area contributed by atoms with E-state index >= 15 is 0 Å². The van der Waals surface area contributed by atoms with Gasteiger partial charge in [-0.05, 0) is 54.1 Å². The maximum absolute atomic E-state index is 13.6. The highest BCUT2D eigenvalue weighted by Crippen LogP contribution is 2.55. The molecule has 0 fully saturated rings. The Morgan fingerprint density at radius 2 is 1.07 bits per heavy atom. The third kappa shape index (κ3) is 4.20. The van der Waals surface area contributed by atoms with Gasteiger partial charge in [0.1, 0.15) is 29.0 Å². The van der Waals surface area contributed by atoms with Gasteiger partial charge in [0, 0.05) is 10.9 Å². The molecule has 0 unspecified atom stereocenters. The summed E-state index contributed by atoms with van der Waals surface area (Å²) in [6, 6.07) is 37.5. The summed E-state index contributed by atoms with van der Waals surface area (Å²) in [5.41, 5.74) is 1.14. The van der Waals surface area contributed by atoms with Crippen LogP contribution in [0.3, 0.4) is 0 Å². The van der Waals surface area contributed by atoms with Crippen molar-refractivity contribution in [1.29, 1.82) is 0 Å². The first-order chi connectivity index (χ1) is 14.2. The fourth-order valence-corrected chi connectivity index (χ4v) is 8.73. The second-order valence-corrected chi connectivity index (χ2v) is 11.5. The van der Waals surface area contributed by atoms with Gasteiger partial charge in [-0.15, -0.1) is 0 Å². The lowest BCUT2D eigenvalue weighted by molar-refractivity contribution is 0.626. The summed E-state index contributed by atoms with van der Waals surface area (Å²) in [7, 11) is -1.86. The van der Waals surface area contributed by atoms with Crippen LogP contribution in [0.15, 0.2) is 114 Å². The Morgan fingerprint density at radius 1 is 0.621 bits per heavy atom. The van der Waals surface area contributed by atoms with E-state index in [0.29, 0.717) is 0 Å². The summed E-state index contributed by atoms with van der Waals surface area (Å²) < 4.78 is 14.4. The third-order valence-electron chi connectivity index (χ3n) is 5.32. The molecule has 0 aliphatic heterocycles. The van der Waals surface area contributed by atoms with E-state index in [1.165, 1.54) is 15.9 Å². The summed E-state index contributed by atoms with van der Waals surface area (Å²) in [6.45, 7) is 0. The van der Waals surface area contributed by atoms with Crippen LogP contribution >= 0.6 is 23.2 Å². The monoisotopic (exact) mass is 463 g/mol. The Labute approximate surface area is 180 Å². The van der Waals surface area contributed by atoms with Crippen molar-refractivity contribution in [3.63, 3.8) is 0 Å². The van der Waals surface area contributed by atoms with E-state index in [0.717, 1.165) is 22.6 Å². The van der Waals surface area contributed by atoms with Gasteiger partial charge in [0.05, 0.1) is 6.16 Å². The fraction of sp³-hybridized carbons (Fsp3) is 0.0769. The Kier molecular flexibility index (Phi) is 6.23. The largest absolute Gasteiger partial charge is 0.207 e. The minimum Gasteiger partial charge on any atom is -0.207 e. The molecule has 0 aromatic heterocycles. The first-order valence-corrected chi connectivity index (χ1v) is 12.5. The summed E-state index contributed by atoms with van der Waals surface area (Å²) in [5.74, 6) is -0.212. The van der Waals surface area contributed by atoms with E-state index in [1.807, 2.05) is 6.07 Å². The van der Waals surface area contributed by atoms with Gasteiger partial charge in [0.25, 0.3) is 0 Å². The van der Waals surface area contributed by atoms with Gasteiger partial charge >= 0.3 is 0 Å². The molecule has 0 aliphatic rings. The van der Waals surface area contributed by atoms with Crippen molar-refractivity contribution < 1.29 is 4.39 Å². The van der Waals surface area contributed by atoms with Crippen molar-refractivity contribution in [1.82, 2.24) is 0 Å². The second kappa shape index (κ2) is 9.03. The molecule has 4 rings (SSSR count). The summed E-state index contributed by atoms with van der Waals surface area (Å²) >= 11 is 3.56. The highest BCUT2D eigenvalue weighted by atomic mass is 79.9. The number of hydrogen-bond donors (Lipinski definition) is 0. The molecule has 0 atom stereocenters. The van der Waals surface area contributed by atoms with E-state index in [1.54, 1.807) is 12.1 Å². The van der Waals surface area contributed by atoms with Crippen molar-refractivity contribution in [3.8, 4) is 0 Å². The smallest absolute Gasteiger partial charge is 0.124 e. The van der Waals surface area contributed by atoms with Crippen LogP contribution in [-0.4, -0.2) is 6.16 Å². The fourth-order valence-electron chi connectivity index (χ4n) is 3.89. The van der Waals surface area contributed by atoms with Gasteiger partial charge in [-0.1, -0.05) is 76.6 Å². The van der Waals surface area contributed by atoms with Crippen molar-refractivity contribution in [2.45, 2.75) is 6.42 Å². The van der Waals surface area contributed by atoms with Gasteiger partial charge in [0.15, 0.2) is 0 Å². The summed E-state index contributed by atoms with van der Waals surface area (Å²) in [6.07, 6.45) is 1.85. The lowest BCUT2D eigenvalue weighted by Gasteiger charge is -2.28. The van der Waals surface area contributed by atoms with Crippen LogP contribution in [0.25, 0.3) is 0 Å². The van der Waals surface area contributed by atoms with E-state index in [-0.39, 0.29) is 5.82 Å². The van der Waals surface area contributed by atoms with Crippen LogP contribution in [0.1, 0.15) is 5.56 Å². The lowest BCUT2D eigenvalue weighted by atomic mass is 10.2. The van der Waals surface area contributed by atoms with E-state index in [4.69, 9.17) is 0 Å². The molecule has 0 amide bonds. The zero-order valence-electron chi connectivity index (χ0n) is 16.0. The molecule has 4 aromatic rings. The quantitative estimate of drug-likeness (QED) is 0.302. The van der Waals surface area contributed by atoms with Crippen LogP contribution in [-0.2, 0) is 6.42 Å². The molecule has 0 bridgehead atoms. The average molecular weight is 464 g/mol. The number of hydrogen-bond acceptors (Lipinski definition) is 0. The van der Waals surface area contributed by atoms with E-state index in [2.05, 4.69) is 107 Å². The molecule has 29 heavy (non-hydrogen) atoms. The summed E-state index contributed by atoms with van der Waals surface area (Å²) in [4.78, 5) is 0. The first-order valence-electron chi connectivity index (χ1n) is 9.69. The maximum Gasteiger partial charge on any atom is 0.124 e. The van der Waals surface area contributed by atoms with Crippen LogP contribution in [0.5, 0.6) is 0 Å². The normalized spacial score (nSPS) is 11.4. The predicted octanol–water partition coefficient (Wildman–Crippen LogP) is 6.12. The van der Waals surface area contributed by atoms with Crippen LogP contribution < -0.4 is 15.9 Å². The number of rotatable bonds is 6. The first kappa shape index (κ1) is 20.0. The molecule has 0 spiro atoms. The third-order valence-corrected chi connectivity index (χ3v) is 10.5. The SMILES string of the molecule is Fc1ccc(CC[P+](c2ccccc2)(c2ccccc2)c2ccccc2)c(Br)c1. The highest BCUT2D eigenvalue weighted by Gasteiger charge is 2.44. The molecule has 0 saturated carbocycles. The zero-order chi connectivity index (χ0) is 20.1. The zero-order valence-corrected chi connectivity index (χ0v) is 18.5. The van der Waals surface area contributed by atoms with Crippen molar-refractivity contribution in [2.24, 2.45) is 0 Å². The van der Waals surface area contributed by atoms with E-state index < -0.39 is 7.26 Å². The molecule has 0 aliphatic carbocycles. The Hall–Kier alpha value is -2.28. The molecule has 0 N–H and O–H groups in total. The molecule has 3 heteroatoms. The van der Waals surface area contributed by atoms with Crippen LogP contribution in [0.2, 0.25) is 0 Å². The van der Waals surface area contributed by atoms with Gasteiger partial charge in [-0.3, -0.25) is 0 Å². The van der Waals surface area contributed by atoms with Gasteiger partial charge in [-0.2, -0.15) is 0 Å². The minimum absolute atomic E-state index is 0.212. The molecular weight excluding hydrogens is 442 g/mol. The predicted molar refractivity (Wildman–Crippen MR) is 128 cm³/mol. The molecule has 0 nitrogen and oxygen atoms in total. The average Bonchev–Trinajstić information content (AvgIpc) is 2.78. The maximum atomic E-state index is 13.6.